The van der Waals surface area contributed by atoms with Gasteiger partial charge in [-0.2, -0.15) is 0 Å². The fraction of sp³-hybridized carbons (Fsp3) is 0.278. The number of aromatic nitrogens is 1. The van der Waals surface area contributed by atoms with E-state index in [1.54, 1.807) is 10.6 Å². The third-order valence-electron chi connectivity index (χ3n) is 3.50. The Hall–Kier alpha value is -2.33. The Morgan fingerprint density at radius 1 is 1.09 bits per heavy atom. The second-order valence-corrected chi connectivity index (χ2v) is 5.45. The Kier molecular flexibility index (Phi) is 5.55. The molecule has 0 saturated carbocycles. The van der Waals surface area contributed by atoms with E-state index in [0.29, 0.717) is 13.1 Å². The predicted octanol–water partition coefficient (Wildman–Crippen LogP) is 2.43. The third kappa shape index (κ3) is 4.33. The minimum atomic E-state index is 0.0126. The quantitative estimate of drug-likeness (QED) is 0.891. The van der Waals surface area contributed by atoms with E-state index in [9.17, 15) is 4.79 Å². The Morgan fingerprint density at radius 2 is 1.77 bits per heavy atom. The van der Waals surface area contributed by atoms with Gasteiger partial charge in [0.05, 0.1) is 0 Å². The van der Waals surface area contributed by atoms with Gasteiger partial charge in [0.25, 0.3) is 5.56 Å². The molecule has 0 bridgehead atoms. The van der Waals surface area contributed by atoms with Crippen LogP contribution in [0.25, 0.3) is 12.2 Å². The molecule has 0 radical (unpaired) electrons. The Morgan fingerprint density at radius 3 is 2.36 bits per heavy atom. The number of rotatable bonds is 6. The van der Waals surface area contributed by atoms with Gasteiger partial charge >= 0.3 is 0 Å². The van der Waals surface area contributed by atoms with Crippen molar-refractivity contribution in [2.75, 3.05) is 25.5 Å². The van der Waals surface area contributed by atoms with Crippen molar-refractivity contribution < 1.29 is 0 Å². The fourth-order valence-corrected chi connectivity index (χ4v) is 2.15. The molecule has 0 aliphatic rings. The van der Waals surface area contributed by atoms with E-state index in [1.165, 1.54) is 5.69 Å². The highest BCUT2D eigenvalue weighted by Gasteiger charge is 1.97. The lowest BCUT2D eigenvalue weighted by Crippen LogP contribution is -2.20. The smallest absolute Gasteiger partial charge is 0.251 e. The van der Waals surface area contributed by atoms with Crippen LogP contribution in [0.1, 0.15) is 17.5 Å². The van der Waals surface area contributed by atoms with Gasteiger partial charge in [0.1, 0.15) is 0 Å². The van der Waals surface area contributed by atoms with Gasteiger partial charge in [0.2, 0.25) is 0 Å². The van der Waals surface area contributed by atoms with Crippen LogP contribution in [0.3, 0.4) is 0 Å². The molecule has 0 fully saturated rings. The molecular weight excluding hydrogens is 274 g/mol. The minimum Gasteiger partial charge on any atom is -0.378 e. The van der Waals surface area contributed by atoms with Crippen molar-refractivity contribution in [2.45, 2.75) is 13.0 Å². The molecule has 2 rings (SSSR count). The molecule has 2 aromatic rings. The highest BCUT2D eigenvalue weighted by Crippen LogP contribution is 2.14. The number of aryl methyl sites for hydroxylation is 1. The number of anilines is 1. The molecule has 1 heterocycles. The average molecular weight is 297 g/mol. The lowest BCUT2D eigenvalue weighted by molar-refractivity contribution is 0.629. The van der Waals surface area contributed by atoms with Gasteiger partial charge in [-0.3, -0.25) is 4.79 Å². The van der Waals surface area contributed by atoms with Gasteiger partial charge in [-0.25, -0.2) is 0 Å². The topological polar surface area (TPSA) is 51.3 Å². The first kappa shape index (κ1) is 16.0. The number of pyridine rings is 1. The maximum Gasteiger partial charge on any atom is 0.251 e. The maximum absolute atomic E-state index is 12.0. The SMILES string of the molecule is CN(C)c1ccc(/C=C/c2ccn(CCCN)c(=O)c2)cc1. The molecule has 2 N–H and O–H groups in total. The fourth-order valence-electron chi connectivity index (χ4n) is 2.15. The highest BCUT2D eigenvalue weighted by atomic mass is 16.1. The van der Waals surface area contributed by atoms with Crippen LogP contribution in [0.4, 0.5) is 5.69 Å². The van der Waals surface area contributed by atoms with Crippen molar-refractivity contribution in [3.8, 4) is 0 Å². The Labute approximate surface area is 131 Å². The van der Waals surface area contributed by atoms with Crippen molar-refractivity contribution >= 4 is 17.8 Å². The molecule has 4 heteroatoms. The second-order valence-electron chi connectivity index (χ2n) is 5.45. The zero-order valence-corrected chi connectivity index (χ0v) is 13.2. The summed E-state index contributed by atoms with van der Waals surface area (Å²) in [4.78, 5) is 14.0. The first-order chi connectivity index (χ1) is 10.6. The maximum atomic E-state index is 12.0. The van der Waals surface area contributed by atoms with Gasteiger partial charge in [-0.15, -0.1) is 0 Å². The van der Waals surface area contributed by atoms with Crippen molar-refractivity contribution in [2.24, 2.45) is 5.73 Å². The number of benzene rings is 1. The van der Waals surface area contributed by atoms with Gasteiger partial charge in [-0.1, -0.05) is 24.3 Å². The van der Waals surface area contributed by atoms with Crippen molar-refractivity contribution in [3.63, 3.8) is 0 Å². The summed E-state index contributed by atoms with van der Waals surface area (Å²) in [7, 11) is 4.04. The normalized spacial score (nSPS) is 11.0. The summed E-state index contributed by atoms with van der Waals surface area (Å²) in [6, 6.07) is 11.9. The van der Waals surface area contributed by atoms with E-state index < -0.39 is 0 Å². The van der Waals surface area contributed by atoms with Crippen LogP contribution in [0.5, 0.6) is 0 Å². The average Bonchev–Trinajstić information content (AvgIpc) is 2.52. The third-order valence-corrected chi connectivity index (χ3v) is 3.50. The Balaban J connectivity index is 2.09. The van der Waals surface area contributed by atoms with Crippen LogP contribution in [-0.2, 0) is 6.54 Å². The molecule has 0 unspecified atom stereocenters. The minimum absolute atomic E-state index is 0.0126. The molecule has 0 amide bonds. The Bertz CT molecular complexity index is 684. The molecule has 1 aromatic heterocycles. The molecule has 4 nitrogen and oxygen atoms in total. The molecular formula is C18H23N3O. The van der Waals surface area contributed by atoms with Crippen LogP contribution in [-0.4, -0.2) is 25.2 Å². The van der Waals surface area contributed by atoms with Gasteiger partial charge in [0, 0.05) is 38.6 Å². The zero-order chi connectivity index (χ0) is 15.9. The van der Waals surface area contributed by atoms with E-state index in [1.807, 2.05) is 38.5 Å². The number of hydrogen-bond donors (Lipinski definition) is 1. The standard InChI is InChI=1S/C18H23N3O/c1-20(2)17-8-6-15(7-9-17)4-5-16-10-13-21(12-3-11-19)18(22)14-16/h4-10,13-14H,3,11-12,19H2,1-2H3/b5-4+. The zero-order valence-electron chi connectivity index (χ0n) is 13.2. The van der Waals surface area contributed by atoms with Gasteiger partial charge < -0.3 is 15.2 Å². The summed E-state index contributed by atoms with van der Waals surface area (Å²) in [6.45, 7) is 1.27. The molecule has 0 atom stereocenters. The van der Waals surface area contributed by atoms with Crippen LogP contribution >= 0.6 is 0 Å². The molecule has 1 aromatic carbocycles. The predicted molar refractivity (Wildman–Crippen MR) is 94.1 cm³/mol. The molecule has 0 aliphatic carbocycles. The molecule has 0 aliphatic heterocycles. The molecule has 22 heavy (non-hydrogen) atoms. The van der Waals surface area contributed by atoms with Crippen LogP contribution < -0.4 is 16.2 Å². The highest BCUT2D eigenvalue weighted by molar-refractivity contribution is 5.70. The van der Waals surface area contributed by atoms with Crippen LogP contribution in [0, 0.1) is 0 Å². The summed E-state index contributed by atoms with van der Waals surface area (Å²) in [5, 5.41) is 0. The summed E-state index contributed by atoms with van der Waals surface area (Å²) >= 11 is 0. The van der Waals surface area contributed by atoms with Gasteiger partial charge in [0.15, 0.2) is 0 Å². The second kappa shape index (κ2) is 7.61. The van der Waals surface area contributed by atoms with E-state index >= 15 is 0 Å². The molecule has 0 saturated heterocycles. The number of hydrogen-bond acceptors (Lipinski definition) is 3. The van der Waals surface area contributed by atoms with E-state index in [2.05, 4.69) is 29.2 Å². The summed E-state index contributed by atoms with van der Waals surface area (Å²) in [6.07, 6.45) is 6.61. The summed E-state index contributed by atoms with van der Waals surface area (Å²) in [5.74, 6) is 0. The summed E-state index contributed by atoms with van der Waals surface area (Å²) in [5.41, 5.74) is 8.66. The molecule has 116 valence electrons. The monoisotopic (exact) mass is 297 g/mol. The lowest BCUT2D eigenvalue weighted by Gasteiger charge is -2.11. The largest absolute Gasteiger partial charge is 0.378 e. The first-order valence-corrected chi connectivity index (χ1v) is 7.46. The number of nitrogens with zero attached hydrogens (tertiary/aromatic N) is 2. The van der Waals surface area contributed by atoms with E-state index in [0.717, 1.165) is 17.5 Å². The summed E-state index contributed by atoms with van der Waals surface area (Å²) < 4.78 is 1.69. The van der Waals surface area contributed by atoms with E-state index in [-0.39, 0.29) is 5.56 Å². The first-order valence-electron chi connectivity index (χ1n) is 7.46. The van der Waals surface area contributed by atoms with Crippen molar-refractivity contribution in [1.29, 1.82) is 0 Å². The lowest BCUT2D eigenvalue weighted by atomic mass is 10.1. The van der Waals surface area contributed by atoms with Gasteiger partial charge in [-0.05, 0) is 42.3 Å². The van der Waals surface area contributed by atoms with Crippen molar-refractivity contribution in [3.05, 3.63) is 64.1 Å². The number of nitrogens with two attached hydrogens (primary N) is 1. The van der Waals surface area contributed by atoms with Crippen LogP contribution in [0.15, 0.2) is 47.4 Å². The van der Waals surface area contributed by atoms with E-state index in [4.69, 9.17) is 5.73 Å². The van der Waals surface area contributed by atoms with Crippen LogP contribution in [0.2, 0.25) is 0 Å². The molecule has 0 spiro atoms. The van der Waals surface area contributed by atoms with Crippen molar-refractivity contribution in [1.82, 2.24) is 4.57 Å².